The van der Waals surface area contributed by atoms with Crippen LogP contribution < -0.4 is 5.32 Å². The van der Waals surface area contributed by atoms with Crippen LogP contribution in [0.5, 0.6) is 0 Å². The highest BCUT2D eigenvalue weighted by Crippen LogP contribution is 2.21. The number of nitrogens with zero attached hydrogens (tertiary/aromatic N) is 2. The summed E-state index contributed by atoms with van der Waals surface area (Å²) >= 11 is 0. The number of likely N-dealkylation sites (N-methyl/N-ethyl adjacent to an activating group) is 1. The van der Waals surface area contributed by atoms with E-state index in [2.05, 4.69) is 72.3 Å². The molecule has 0 saturated carbocycles. The standard InChI is InChI=1S/C18H27N3/c1-4-19-14-17(16-9-7-6-8-10-16)11-12-18-13-15(3)20-21(18)5-2/h6-10,13,17,19H,4-5,11-12,14H2,1-3H3. The van der Waals surface area contributed by atoms with Crippen LogP contribution in [0.1, 0.15) is 43.1 Å². The van der Waals surface area contributed by atoms with E-state index in [-0.39, 0.29) is 0 Å². The summed E-state index contributed by atoms with van der Waals surface area (Å²) in [7, 11) is 0. The fraction of sp³-hybridized carbons (Fsp3) is 0.500. The average Bonchev–Trinajstić information content (AvgIpc) is 2.88. The van der Waals surface area contributed by atoms with Gasteiger partial charge in [0, 0.05) is 18.8 Å². The second-order valence-electron chi connectivity index (χ2n) is 5.55. The molecule has 21 heavy (non-hydrogen) atoms. The zero-order valence-electron chi connectivity index (χ0n) is 13.5. The van der Waals surface area contributed by atoms with Gasteiger partial charge in [-0.3, -0.25) is 4.68 Å². The van der Waals surface area contributed by atoms with Gasteiger partial charge in [0.2, 0.25) is 0 Å². The van der Waals surface area contributed by atoms with Crippen molar-refractivity contribution in [3.63, 3.8) is 0 Å². The molecule has 1 aromatic heterocycles. The molecule has 114 valence electrons. The van der Waals surface area contributed by atoms with E-state index in [1.54, 1.807) is 0 Å². The van der Waals surface area contributed by atoms with Crippen LogP contribution in [0.2, 0.25) is 0 Å². The smallest absolute Gasteiger partial charge is 0.0596 e. The summed E-state index contributed by atoms with van der Waals surface area (Å²) < 4.78 is 2.13. The second kappa shape index (κ2) is 7.99. The SMILES string of the molecule is CCNCC(CCc1cc(C)nn1CC)c1ccccc1. The Morgan fingerprint density at radius 3 is 2.62 bits per heavy atom. The molecule has 0 spiro atoms. The fourth-order valence-electron chi connectivity index (χ4n) is 2.83. The van der Waals surface area contributed by atoms with Gasteiger partial charge in [0.15, 0.2) is 0 Å². The average molecular weight is 285 g/mol. The molecule has 0 bridgehead atoms. The summed E-state index contributed by atoms with van der Waals surface area (Å²) in [4.78, 5) is 0. The van der Waals surface area contributed by atoms with Crippen molar-refractivity contribution in [3.8, 4) is 0 Å². The van der Waals surface area contributed by atoms with Crippen molar-refractivity contribution in [2.75, 3.05) is 13.1 Å². The molecule has 2 aromatic rings. The molecule has 0 aliphatic carbocycles. The molecule has 2 rings (SSSR count). The Balaban J connectivity index is 2.05. The van der Waals surface area contributed by atoms with E-state index in [0.717, 1.165) is 38.2 Å². The van der Waals surface area contributed by atoms with Crippen molar-refractivity contribution in [2.45, 2.75) is 46.1 Å². The third kappa shape index (κ3) is 4.43. The predicted octanol–water partition coefficient (Wildman–Crippen LogP) is 3.54. The van der Waals surface area contributed by atoms with Gasteiger partial charge in [-0.25, -0.2) is 0 Å². The molecule has 0 aliphatic heterocycles. The summed E-state index contributed by atoms with van der Waals surface area (Å²) in [5.74, 6) is 0.562. The Morgan fingerprint density at radius 2 is 1.95 bits per heavy atom. The maximum absolute atomic E-state index is 4.54. The van der Waals surface area contributed by atoms with Crippen LogP contribution >= 0.6 is 0 Å². The number of aryl methyl sites for hydroxylation is 3. The van der Waals surface area contributed by atoms with Gasteiger partial charge < -0.3 is 5.32 Å². The van der Waals surface area contributed by atoms with Crippen molar-refractivity contribution in [3.05, 3.63) is 53.3 Å². The number of aromatic nitrogens is 2. The summed E-state index contributed by atoms with van der Waals surface area (Å²) in [6.45, 7) is 9.41. The van der Waals surface area contributed by atoms with E-state index in [4.69, 9.17) is 0 Å². The highest BCUT2D eigenvalue weighted by molar-refractivity contribution is 5.20. The normalized spacial score (nSPS) is 12.5. The van der Waals surface area contributed by atoms with Crippen molar-refractivity contribution in [2.24, 2.45) is 0 Å². The number of nitrogens with one attached hydrogen (secondary N) is 1. The Kier molecular flexibility index (Phi) is 6.00. The number of hydrogen-bond donors (Lipinski definition) is 1. The lowest BCUT2D eigenvalue weighted by atomic mass is 9.93. The lowest BCUT2D eigenvalue weighted by Crippen LogP contribution is -2.22. The number of benzene rings is 1. The summed E-state index contributed by atoms with van der Waals surface area (Å²) in [5, 5.41) is 8.04. The minimum Gasteiger partial charge on any atom is -0.316 e. The fourth-order valence-corrected chi connectivity index (χ4v) is 2.83. The highest BCUT2D eigenvalue weighted by atomic mass is 15.3. The van der Waals surface area contributed by atoms with Gasteiger partial charge in [-0.15, -0.1) is 0 Å². The molecule has 1 heterocycles. The molecule has 1 N–H and O–H groups in total. The van der Waals surface area contributed by atoms with Crippen molar-refractivity contribution < 1.29 is 0 Å². The van der Waals surface area contributed by atoms with E-state index in [1.165, 1.54) is 11.3 Å². The van der Waals surface area contributed by atoms with Crippen molar-refractivity contribution in [1.82, 2.24) is 15.1 Å². The third-order valence-electron chi connectivity index (χ3n) is 3.95. The first-order valence-electron chi connectivity index (χ1n) is 8.03. The Morgan fingerprint density at radius 1 is 1.19 bits per heavy atom. The quantitative estimate of drug-likeness (QED) is 0.804. The first-order valence-corrected chi connectivity index (χ1v) is 8.03. The van der Waals surface area contributed by atoms with Crippen molar-refractivity contribution >= 4 is 0 Å². The van der Waals surface area contributed by atoms with E-state index in [9.17, 15) is 0 Å². The van der Waals surface area contributed by atoms with Crippen molar-refractivity contribution in [1.29, 1.82) is 0 Å². The third-order valence-corrected chi connectivity index (χ3v) is 3.95. The summed E-state index contributed by atoms with van der Waals surface area (Å²) in [6.07, 6.45) is 2.24. The molecule has 0 saturated heterocycles. The van der Waals surface area contributed by atoms with Crippen LogP contribution in [0.4, 0.5) is 0 Å². The Labute approximate surface area is 128 Å². The van der Waals surface area contributed by atoms with Crippen LogP contribution in [0.3, 0.4) is 0 Å². The van der Waals surface area contributed by atoms with Gasteiger partial charge in [-0.2, -0.15) is 5.10 Å². The van der Waals surface area contributed by atoms with Crippen LogP contribution in [0.15, 0.2) is 36.4 Å². The topological polar surface area (TPSA) is 29.9 Å². The van der Waals surface area contributed by atoms with E-state index >= 15 is 0 Å². The second-order valence-corrected chi connectivity index (χ2v) is 5.55. The van der Waals surface area contributed by atoms with Gasteiger partial charge in [0.1, 0.15) is 0 Å². The molecule has 0 amide bonds. The van der Waals surface area contributed by atoms with Crippen LogP contribution in [-0.2, 0) is 13.0 Å². The van der Waals surface area contributed by atoms with Gasteiger partial charge >= 0.3 is 0 Å². The molecule has 0 aliphatic rings. The molecule has 0 fully saturated rings. The lowest BCUT2D eigenvalue weighted by molar-refractivity contribution is 0.538. The monoisotopic (exact) mass is 285 g/mol. The minimum atomic E-state index is 0.562. The number of rotatable bonds is 8. The molecule has 1 unspecified atom stereocenters. The predicted molar refractivity (Wildman–Crippen MR) is 88.7 cm³/mol. The molecule has 1 aromatic carbocycles. The zero-order chi connectivity index (χ0) is 15.1. The highest BCUT2D eigenvalue weighted by Gasteiger charge is 2.13. The molecule has 0 radical (unpaired) electrons. The van der Waals surface area contributed by atoms with Gasteiger partial charge in [-0.05, 0) is 50.8 Å². The van der Waals surface area contributed by atoms with E-state index in [1.807, 2.05) is 0 Å². The van der Waals surface area contributed by atoms with Gasteiger partial charge in [-0.1, -0.05) is 37.3 Å². The first-order chi connectivity index (χ1) is 10.2. The number of hydrogen-bond acceptors (Lipinski definition) is 2. The minimum absolute atomic E-state index is 0.562. The van der Waals surface area contributed by atoms with E-state index < -0.39 is 0 Å². The van der Waals surface area contributed by atoms with E-state index in [0.29, 0.717) is 5.92 Å². The van der Waals surface area contributed by atoms with Gasteiger partial charge in [0.25, 0.3) is 0 Å². The first kappa shape index (κ1) is 15.8. The molecular weight excluding hydrogens is 258 g/mol. The zero-order valence-corrected chi connectivity index (χ0v) is 13.5. The maximum Gasteiger partial charge on any atom is 0.0596 e. The van der Waals surface area contributed by atoms with Crippen LogP contribution in [0.25, 0.3) is 0 Å². The Bertz CT molecular complexity index is 531. The van der Waals surface area contributed by atoms with Gasteiger partial charge in [0.05, 0.1) is 5.69 Å². The molecule has 3 nitrogen and oxygen atoms in total. The largest absolute Gasteiger partial charge is 0.316 e. The molecule has 1 atom stereocenters. The summed E-state index contributed by atoms with van der Waals surface area (Å²) in [6, 6.07) is 13.1. The summed E-state index contributed by atoms with van der Waals surface area (Å²) in [5.41, 5.74) is 3.90. The van der Waals surface area contributed by atoms with Crippen LogP contribution in [-0.4, -0.2) is 22.9 Å². The van der Waals surface area contributed by atoms with Crippen LogP contribution in [0, 0.1) is 6.92 Å². The maximum atomic E-state index is 4.54. The molecular formula is C18H27N3. The Hall–Kier alpha value is -1.61. The lowest BCUT2D eigenvalue weighted by Gasteiger charge is -2.18. The molecule has 3 heteroatoms.